The molecule has 1 saturated heterocycles. The maximum Gasteiger partial charge on any atom is 0.308 e. The second-order valence-corrected chi connectivity index (χ2v) is 4.50. The molecule has 1 aliphatic rings. The van der Waals surface area contributed by atoms with Crippen molar-refractivity contribution in [1.29, 1.82) is 0 Å². The van der Waals surface area contributed by atoms with Gasteiger partial charge in [0.25, 0.3) is 0 Å². The molecule has 6 nitrogen and oxygen atoms in total. The largest absolute Gasteiger partial charge is 0.481 e. The first-order valence-corrected chi connectivity index (χ1v) is 5.89. The molecule has 3 heterocycles. The lowest BCUT2D eigenvalue weighted by Crippen LogP contribution is -2.39. The average molecular weight is 247 g/mol. The molecule has 0 radical (unpaired) electrons. The van der Waals surface area contributed by atoms with E-state index in [0.717, 1.165) is 18.4 Å². The third kappa shape index (κ3) is 1.84. The minimum atomic E-state index is -0.788. The number of carbonyl (C=O) groups is 1. The second kappa shape index (κ2) is 4.38. The van der Waals surface area contributed by atoms with Gasteiger partial charge in [-0.2, -0.15) is 10.2 Å². The third-order valence-electron chi connectivity index (χ3n) is 3.41. The van der Waals surface area contributed by atoms with Crippen molar-refractivity contribution in [2.24, 2.45) is 5.92 Å². The van der Waals surface area contributed by atoms with Crippen molar-refractivity contribution in [3.05, 3.63) is 24.2 Å². The smallest absolute Gasteiger partial charge is 0.308 e. The van der Waals surface area contributed by atoms with Gasteiger partial charge in [-0.25, -0.2) is 0 Å². The zero-order valence-corrected chi connectivity index (χ0v) is 9.67. The maximum atomic E-state index is 11.2. The first kappa shape index (κ1) is 11.2. The molecule has 2 aromatic rings. The minimum Gasteiger partial charge on any atom is -0.481 e. The molecule has 94 valence electrons. The fraction of sp³-hybridized carbons (Fsp3) is 0.417. The van der Waals surface area contributed by atoms with E-state index in [2.05, 4.69) is 15.5 Å². The zero-order chi connectivity index (χ0) is 12.5. The number of furan rings is 1. The molecule has 2 N–H and O–H groups in total. The Labute approximate surface area is 103 Å². The Morgan fingerprint density at radius 1 is 1.44 bits per heavy atom. The molecule has 0 bridgehead atoms. The average Bonchev–Trinajstić information content (AvgIpc) is 2.82. The summed E-state index contributed by atoms with van der Waals surface area (Å²) in [5.74, 6) is -0.603. The summed E-state index contributed by atoms with van der Waals surface area (Å²) in [5, 5.41) is 20.7. The molecule has 0 spiro atoms. The summed E-state index contributed by atoms with van der Waals surface area (Å²) in [6.07, 6.45) is 3.94. The Morgan fingerprint density at radius 2 is 2.28 bits per heavy atom. The third-order valence-corrected chi connectivity index (χ3v) is 3.41. The van der Waals surface area contributed by atoms with Crippen molar-refractivity contribution in [1.82, 2.24) is 15.5 Å². The van der Waals surface area contributed by atoms with Gasteiger partial charge in [0, 0.05) is 17.8 Å². The van der Waals surface area contributed by atoms with Crippen molar-refractivity contribution < 1.29 is 14.3 Å². The van der Waals surface area contributed by atoms with Gasteiger partial charge in [-0.3, -0.25) is 4.79 Å². The van der Waals surface area contributed by atoms with Crippen LogP contribution in [0.5, 0.6) is 0 Å². The van der Waals surface area contributed by atoms with Gasteiger partial charge in [0.15, 0.2) is 5.58 Å². The number of aliphatic carboxylic acids is 1. The van der Waals surface area contributed by atoms with Crippen molar-refractivity contribution >= 4 is 16.9 Å². The van der Waals surface area contributed by atoms with Gasteiger partial charge in [-0.1, -0.05) is 0 Å². The summed E-state index contributed by atoms with van der Waals surface area (Å²) in [6, 6.07) is 1.87. The predicted octanol–water partition coefficient (Wildman–Crippen LogP) is 1.00. The van der Waals surface area contributed by atoms with Crippen LogP contribution >= 0.6 is 0 Å². The Hall–Kier alpha value is -1.95. The summed E-state index contributed by atoms with van der Waals surface area (Å²) in [5.41, 5.74) is 0.655. The van der Waals surface area contributed by atoms with Crippen LogP contribution in [0.1, 0.15) is 18.1 Å². The van der Waals surface area contributed by atoms with Crippen LogP contribution in [0.2, 0.25) is 0 Å². The van der Waals surface area contributed by atoms with Crippen molar-refractivity contribution in [2.75, 3.05) is 13.1 Å². The van der Waals surface area contributed by atoms with Gasteiger partial charge < -0.3 is 14.8 Å². The number of aromatic nitrogens is 2. The Balaban J connectivity index is 1.98. The van der Waals surface area contributed by atoms with E-state index in [4.69, 9.17) is 4.42 Å². The molecule has 0 aromatic carbocycles. The zero-order valence-electron chi connectivity index (χ0n) is 9.67. The van der Waals surface area contributed by atoms with Crippen LogP contribution in [0.25, 0.3) is 11.0 Å². The van der Waals surface area contributed by atoms with Crippen LogP contribution in [-0.2, 0) is 4.79 Å². The molecule has 1 aliphatic heterocycles. The van der Waals surface area contributed by atoms with Gasteiger partial charge in [0.2, 0.25) is 0 Å². The molecule has 0 amide bonds. The van der Waals surface area contributed by atoms with Crippen LogP contribution in [-0.4, -0.2) is 34.4 Å². The van der Waals surface area contributed by atoms with E-state index in [1.54, 1.807) is 12.4 Å². The molecule has 18 heavy (non-hydrogen) atoms. The minimum absolute atomic E-state index is 0.0869. The standard InChI is InChI=1S/C12H13N3O3/c16-12(17)9-5-13-2-1-8(9)10-3-7-4-14-15-6-11(7)18-10/h3-4,6,8-9,13H,1-2,5H2,(H,16,17). The van der Waals surface area contributed by atoms with Crippen LogP contribution in [0.3, 0.4) is 0 Å². The molecular weight excluding hydrogens is 234 g/mol. The summed E-state index contributed by atoms with van der Waals surface area (Å²) in [4.78, 5) is 11.2. The summed E-state index contributed by atoms with van der Waals surface area (Å²) >= 11 is 0. The van der Waals surface area contributed by atoms with E-state index in [9.17, 15) is 9.90 Å². The number of hydrogen-bond donors (Lipinski definition) is 2. The molecule has 0 aliphatic carbocycles. The number of nitrogens with zero attached hydrogens (tertiary/aromatic N) is 2. The number of rotatable bonds is 2. The van der Waals surface area contributed by atoms with E-state index in [0.29, 0.717) is 17.9 Å². The lowest BCUT2D eigenvalue weighted by atomic mass is 9.84. The monoisotopic (exact) mass is 247 g/mol. The van der Waals surface area contributed by atoms with Crippen LogP contribution in [0, 0.1) is 5.92 Å². The molecule has 2 aromatic heterocycles. The van der Waals surface area contributed by atoms with Crippen LogP contribution < -0.4 is 5.32 Å². The first-order valence-electron chi connectivity index (χ1n) is 5.89. The molecule has 6 heteroatoms. The fourth-order valence-electron chi connectivity index (χ4n) is 2.46. The Bertz CT molecular complexity index is 548. The summed E-state index contributed by atoms with van der Waals surface area (Å²) in [7, 11) is 0. The lowest BCUT2D eigenvalue weighted by molar-refractivity contribution is -0.143. The van der Waals surface area contributed by atoms with Crippen LogP contribution in [0.4, 0.5) is 0 Å². The quantitative estimate of drug-likeness (QED) is 0.823. The number of carboxylic acid groups (broad SMARTS) is 1. The molecule has 2 unspecified atom stereocenters. The predicted molar refractivity (Wildman–Crippen MR) is 63.2 cm³/mol. The fourth-order valence-corrected chi connectivity index (χ4v) is 2.46. The second-order valence-electron chi connectivity index (χ2n) is 4.50. The number of carboxylic acids is 1. The molecule has 1 fully saturated rings. The highest BCUT2D eigenvalue weighted by molar-refractivity contribution is 5.77. The number of nitrogens with one attached hydrogen (secondary N) is 1. The van der Waals surface area contributed by atoms with E-state index < -0.39 is 11.9 Å². The van der Waals surface area contributed by atoms with Gasteiger partial charge in [0.1, 0.15) is 5.76 Å². The molecule has 0 saturated carbocycles. The van der Waals surface area contributed by atoms with Crippen molar-refractivity contribution in [3.63, 3.8) is 0 Å². The topological polar surface area (TPSA) is 88.2 Å². The van der Waals surface area contributed by atoms with Gasteiger partial charge in [0.05, 0.1) is 18.3 Å². The SMILES string of the molecule is O=C(O)C1CNCCC1c1cc2cnncc2o1. The Morgan fingerprint density at radius 3 is 3.06 bits per heavy atom. The van der Waals surface area contributed by atoms with Crippen molar-refractivity contribution in [3.8, 4) is 0 Å². The van der Waals surface area contributed by atoms with Gasteiger partial charge in [-0.05, 0) is 19.0 Å². The van der Waals surface area contributed by atoms with Crippen molar-refractivity contribution in [2.45, 2.75) is 12.3 Å². The molecule has 2 atom stereocenters. The molecule has 3 rings (SSSR count). The number of fused-ring (bicyclic) bond motifs is 1. The number of hydrogen-bond acceptors (Lipinski definition) is 5. The van der Waals surface area contributed by atoms with E-state index in [1.807, 2.05) is 6.07 Å². The highest BCUT2D eigenvalue weighted by atomic mass is 16.4. The molecular formula is C12H13N3O3. The van der Waals surface area contributed by atoms with E-state index in [1.165, 1.54) is 0 Å². The highest BCUT2D eigenvalue weighted by Crippen LogP contribution is 2.33. The maximum absolute atomic E-state index is 11.2. The lowest BCUT2D eigenvalue weighted by Gasteiger charge is -2.27. The Kier molecular flexibility index (Phi) is 2.71. The van der Waals surface area contributed by atoms with E-state index >= 15 is 0 Å². The van der Waals surface area contributed by atoms with Crippen LogP contribution in [0.15, 0.2) is 22.9 Å². The first-order chi connectivity index (χ1) is 8.75. The highest BCUT2D eigenvalue weighted by Gasteiger charge is 2.34. The summed E-state index contributed by atoms with van der Waals surface area (Å²) in [6.45, 7) is 1.29. The van der Waals surface area contributed by atoms with Gasteiger partial charge in [-0.15, -0.1) is 0 Å². The van der Waals surface area contributed by atoms with Gasteiger partial charge >= 0.3 is 5.97 Å². The number of piperidine rings is 1. The summed E-state index contributed by atoms with van der Waals surface area (Å²) < 4.78 is 5.69. The normalized spacial score (nSPS) is 24.2. The van der Waals surface area contributed by atoms with E-state index in [-0.39, 0.29) is 5.92 Å².